The van der Waals surface area contributed by atoms with Gasteiger partial charge >= 0.3 is 0 Å². The lowest BCUT2D eigenvalue weighted by Crippen LogP contribution is -2.29. The summed E-state index contributed by atoms with van der Waals surface area (Å²) in [4.78, 5) is 6.57. The number of aryl methyl sites for hydroxylation is 1. The van der Waals surface area contributed by atoms with Crippen LogP contribution in [0.15, 0.2) is 54.9 Å². The number of rotatable bonds is 4. The van der Waals surface area contributed by atoms with E-state index in [2.05, 4.69) is 45.4 Å². The first-order valence-corrected chi connectivity index (χ1v) is 8.82. The van der Waals surface area contributed by atoms with Gasteiger partial charge in [0.15, 0.2) is 0 Å². The van der Waals surface area contributed by atoms with Gasteiger partial charge < -0.3 is 15.3 Å². The van der Waals surface area contributed by atoms with Gasteiger partial charge in [0, 0.05) is 27.3 Å². The zero-order valence-corrected chi connectivity index (χ0v) is 15.1. The number of para-hydroxylation sites is 1. The third kappa shape index (κ3) is 3.55. The van der Waals surface area contributed by atoms with Gasteiger partial charge in [0.2, 0.25) is 5.95 Å². The lowest BCUT2D eigenvalue weighted by atomic mass is 10.1. The summed E-state index contributed by atoms with van der Waals surface area (Å²) in [6.07, 6.45) is 2.48. The molecule has 1 fully saturated rings. The molecule has 0 spiro atoms. The van der Waals surface area contributed by atoms with Crippen molar-refractivity contribution in [3.63, 3.8) is 0 Å². The van der Waals surface area contributed by atoms with E-state index in [9.17, 15) is 5.11 Å². The highest BCUT2D eigenvalue weighted by Gasteiger charge is 2.31. The standard InChI is InChI=1S/C20H23N5O.2H2/c1-15-10-16(12-18(11-15)24-9-8-20(2,26)13-24)22-19-21-14-25(23-19)17-6-4-3-5-7-17;;/h3-7,10-12,14,26H,8-9,13H2,1-2H3,(H,22,23);2*1H. The summed E-state index contributed by atoms with van der Waals surface area (Å²) in [7, 11) is 0. The Hall–Kier alpha value is -2.86. The van der Waals surface area contributed by atoms with Gasteiger partial charge in [0.05, 0.1) is 11.3 Å². The van der Waals surface area contributed by atoms with Crippen LogP contribution in [-0.4, -0.2) is 38.6 Å². The number of benzene rings is 2. The molecule has 1 saturated heterocycles. The average molecular weight is 353 g/mol. The largest absolute Gasteiger partial charge is 0.388 e. The molecule has 0 radical (unpaired) electrons. The summed E-state index contributed by atoms with van der Waals surface area (Å²) < 4.78 is 1.75. The number of hydrogen-bond acceptors (Lipinski definition) is 5. The van der Waals surface area contributed by atoms with Crippen LogP contribution in [0.5, 0.6) is 0 Å². The minimum Gasteiger partial charge on any atom is -0.388 e. The normalized spacial score (nSPS) is 19.7. The van der Waals surface area contributed by atoms with Gasteiger partial charge in [-0.3, -0.25) is 0 Å². The zero-order valence-electron chi connectivity index (χ0n) is 15.1. The van der Waals surface area contributed by atoms with Crippen LogP contribution in [0.25, 0.3) is 5.69 Å². The highest BCUT2D eigenvalue weighted by atomic mass is 16.3. The van der Waals surface area contributed by atoms with E-state index < -0.39 is 5.60 Å². The van der Waals surface area contributed by atoms with E-state index in [1.807, 2.05) is 37.3 Å². The second-order valence-electron chi connectivity index (χ2n) is 7.20. The van der Waals surface area contributed by atoms with Crippen molar-refractivity contribution in [2.75, 3.05) is 23.3 Å². The molecule has 6 nitrogen and oxygen atoms in total. The Labute approximate surface area is 156 Å². The van der Waals surface area contributed by atoms with E-state index in [-0.39, 0.29) is 2.85 Å². The average Bonchev–Trinajstić information content (AvgIpc) is 3.21. The molecule has 0 bridgehead atoms. The summed E-state index contributed by atoms with van der Waals surface area (Å²) in [6, 6.07) is 16.2. The van der Waals surface area contributed by atoms with Gasteiger partial charge in [0.1, 0.15) is 6.33 Å². The van der Waals surface area contributed by atoms with Crippen molar-refractivity contribution in [1.29, 1.82) is 0 Å². The fourth-order valence-electron chi connectivity index (χ4n) is 3.34. The predicted molar refractivity (Wildman–Crippen MR) is 108 cm³/mol. The molecule has 26 heavy (non-hydrogen) atoms. The SMILES string of the molecule is Cc1cc(Nc2ncn(-c3ccccc3)n2)cc(N2CCC(C)(O)C2)c1.[HH].[HH]. The van der Waals surface area contributed by atoms with Crippen LogP contribution in [0.1, 0.15) is 21.8 Å². The molecule has 2 heterocycles. The van der Waals surface area contributed by atoms with Gasteiger partial charge in [-0.1, -0.05) is 18.2 Å². The third-order valence-corrected chi connectivity index (χ3v) is 4.65. The molecule has 2 aromatic carbocycles. The van der Waals surface area contributed by atoms with Gasteiger partial charge in [-0.25, -0.2) is 4.68 Å². The van der Waals surface area contributed by atoms with Gasteiger partial charge in [0.25, 0.3) is 0 Å². The van der Waals surface area contributed by atoms with Crippen LogP contribution >= 0.6 is 0 Å². The van der Waals surface area contributed by atoms with Crippen molar-refractivity contribution in [3.8, 4) is 5.69 Å². The first kappa shape index (κ1) is 16.6. The van der Waals surface area contributed by atoms with Gasteiger partial charge in [-0.05, 0) is 56.2 Å². The van der Waals surface area contributed by atoms with Crippen LogP contribution in [-0.2, 0) is 0 Å². The topological polar surface area (TPSA) is 66.2 Å². The van der Waals surface area contributed by atoms with E-state index in [1.165, 1.54) is 0 Å². The fourth-order valence-corrected chi connectivity index (χ4v) is 3.34. The Morgan fingerprint density at radius 2 is 1.96 bits per heavy atom. The van der Waals surface area contributed by atoms with Gasteiger partial charge in [-0.2, -0.15) is 4.98 Å². The Balaban J connectivity index is 0.00000140. The second kappa shape index (κ2) is 6.46. The summed E-state index contributed by atoms with van der Waals surface area (Å²) in [6.45, 7) is 5.47. The van der Waals surface area contributed by atoms with Crippen LogP contribution in [0, 0.1) is 6.92 Å². The van der Waals surface area contributed by atoms with E-state index in [4.69, 9.17) is 0 Å². The number of anilines is 3. The first-order chi connectivity index (χ1) is 12.5. The lowest BCUT2D eigenvalue weighted by molar-refractivity contribution is 0.0839. The minimum absolute atomic E-state index is 0. The Kier molecular flexibility index (Phi) is 4.12. The Bertz CT molecular complexity index is 914. The smallest absolute Gasteiger partial charge is 0.246 e. The maximum Gasteiger partial charge on any atom is 0.246 e. The summed E-state index contributed by atoms with van der Waals surface area (Å²) >= 11 is 0. The highest BCUT2D eigenvalue weighted by molar-refractivity contribution is 5.64. The van der Waals surface area contributed by atoms with Gasteiger partial charge in [-0.15, -0.1) is 5.10 Å². The van der Waals surface area contributed by atoms with Crippen molar-refractivity contribution < 1.29 is 7.96 Å². The maximum atomic E-state index is 10.2. The van der Waals surface area contributed by atoms with Crippen molar-refractivity contribution in [2.24, 2.45) is 0 Å². The second-order valence-corrected chi connectivity index (χ2v) is 7.20. The molecule has 0 aliphatic carbocycles. The van der Waals surface area contributed by atoms with Crippen LogP contribution in [0.2, 0.25) is 0 Å². The molecule has 1 aliphatic heterocycles. The number of aromatic nitrogens is 3. The number of hydrogen-bond donors (Lipinski definition) is 2. The van der Waals surface area contributed by atoms with Crippen molar-refractivity contribution >= 4 is 17.3 Å². The number of aliphatic hydroxyl groups is 1. The first-order valence-electron chi connectivity index (χ1n) is 8.82. The van der Waals surface area contributed by atoms with E-state index in [1.54, 1.807) is 11.0 Å². The molecule has 1 aromatic heterocycles. The molecular weight excluding hydrogens is 326 g/mol. The molecule has 138 valence electrons. The number of nitrogens with one attached hydrogen (secondary N) is 1. The minimum atomic E-state index is -0.618. The Morgan fingerprint density at radius 3 is 2.69 bits per heavy atom. The molecule has 4 rings (SSSR count). The van der Waals surface area contributed by atoms with Crippen molar-refractivity contribution in [1.82, 2.24) is 14.8 Å². The highest BCUT2D eigenvalue weighted by Crippen LogP contribution is 2.30. The molecule has 0 saturated carbocycles. The molecule has 3 aromatic rings. The molecule has 1 atom stereocenters. The fraction of sp³-hybridized carbons (Fsp3) is 0.300. The molecular formula is C20H27N5O. The third-order valence-electron chi connectivity index (χ3n) is 4.65. The Morgan fingerprint density at radius 1 is 1.15 bits per heavy atom. The molecule has 1 unspecified atom stereocenters. The molecule has 0 amide bonds. The van der Waals surface area contributed by atoms with Crippen molar-refractivity contribution in [3.05, 3.63) is 60.4 Å². The summed E-state index contributed by atoms with van der Waals surface area (Å²) in [5.74, 6) is 0.554. The lowest BCUT2D eigenvalue weighted by Gasteiger charge is -2.22. The summed E-state index contributed by atoms with van der Waals surface area (Å²) in [5.41, 5.74) is 3.55. The van der Waals surface area contributed by atoms with Crippen molar-refractivity contribution in [2.45, 2.75) is 25.9 Å². The zero-order chi connectivity index (χ0) is 18.1. The molecule has 6 heteroatoms. The predicted octanol–water partition coefficient (Wildman–Crippen LogP) is 3.77. The molecule has 1 aliphatic rings. The van der Waals surface area contributed by atoms with Crippen LogP contribution in [0.3, 0.4) is 0 Å². The summed E-state index contributed by atoms with van der Waals surface area (Å²) in [5, 5.41) is 18.0. The number of β-amino-alcohol motifs (C(OH)–C–C–N with tert-alkyl or cyclic N) is 1. The monoisotopic (exact) mass is 353 g/mol. The molecule has 2 N–H and O–H groups in total. The maximum absolute atomic E-state index is 10.2. The van der Waals surface area contributed by atoms with E-state index in [0.717, 1.165) is 35.6 Å². The van der Waals surface area contributed by atoms with E-state index in [0.29, 0.717) is 12.5 Å². The van der Waals surface area contributed by atoms with Crippen LogP contribution < -0.4 is 10.2 Å². The quantitative estimate of drug-likeness (QED) is 0.747. The van der Waals surface area contributed by atoms with Crippen LogP contribution in [0.4, 0.5) is 17.3 Å². The number of nitrogens with zero attached hydrogens (tertiary/aromatic N) is 4. The van der Waals surface area contributed by atoms with E-state index >= 15 is 0 Å².